The number of allylic oxidation sites excluding steroid dienone is 2. The van der Waals surface area contributed by atoms with Crippen LogP contribution in [-0.4, -0.2) is 27.2 Å². The molecule has 138 valence electrons. The van der Waals surface area contributed by atoms with Crippen LogP contribution in [0.15, 0.2) is 60.4 Å². The Kier molecular flexibility index (Phi) is 5.44. The lowest BCUT2D eigenvalue weighted by Gasteiger charge is -2.17. The Balaban J connectivity index is 1.51. The predicted octanol–water partition coefficient (Wildman–Crippen LogP) is 4.15. The van der Waals surface area contributed by atoms with Crippen LogP contribution >= 0.6 is 11.3 Å². The van der Waals surface area contributed by atoms with Gasteiger partial charge in [-0.1, -0.05) is 18.2 Å². The first-order valence-corrected chi connectivity index (χ1v) is 10.1. The van der Waals surface area contributed by atoms with E-state index in [1.54, 1.807) is 23.7 Å². The van der Waals surface area contributed by atoms with Crippen LogP contribution in [0.25, 0.3) is 21.7 Å². The molecule has 0 radical (unpaired) electrons. The molecule has 0 aromatic carbocycles. The molecule has 1 atom stereocenters. The van der Waals surface area contributed by atoms with Crippen molar-refractivity contribution in [2.75, 3.05) is 6.54 Å². The maximum Gasteiger partial charge on any atom is 0.223 e. The van der Waals surface area contributed by atoms with Crippen LogP contribution in [0.1, 0.15) is 19.3 Å². The topological polar surface area (TPSA) is 59.8 Å². The van der Waals surface area contributed by atoms with Gasteiger partial charge in [0, 0.05) is 40.9 Å². The van der Waals surface area contributed by atoms with E-state index in [1.807, 2.05) is 29.1 Å². The van der Waals surface area contributed by atoms with Gasteiger partial charge in [0.2, 0.25) is 5.91 Å². The van der Waals surface area contributed by atoms with E-state index in [-0.39, 0.29) is 11.8 Å². The summed E-state index contributed by atoms with van der Waals surface area (Å²) in [5.41, 5.74) is 3.25. The first-order valence-electron chi connectivity index (χ1n) is 9.25. The molecule has 0 spiro atoms. The molecule has 6 heteroatoms. The van der Waals surface area contributed by atoms with E-state index < -0.39 is 0 Å². The number of nitrogens with one attached hydrogen (secondary N) is 1. The standard InChI is InChI=1S/C21H22N4OS/c26-21(17-5-2-1-3-6-17)23-12-13-25-20(16-8-10-22-11-9-16)18(15-24-25)19-7-4-14-27-19/h1-2,4,7-11,14-15,17H,3,5-6,12-13H2,(H,23,26)/t17-/m1/s1. The number of thiophene rings is 1. The van der Waals surface area contributed by atoms with Crippen molar-refractivity contribution in [1.29, 1.82) is 0 Å². The molecule has 5 nitrogen and oxygen atoms in total. The third-order valence-corrected chi connectivity index (χ3v) is 5.75. The van der Waals surface area contributed by atoms with Gasteiger partial charge in [-0.25, -0.2) is 0 Å². The second kappa shape index (κ2) is 8.31. The summed E-state index contributed by atoms with van der Waals surface area (Å²) in [6.45, 7) is 1.21. The van der Waals surface area contributed by atoms with Gasteiger partial charge < -0.3 is 5.32 Å². The lowest BCUT2D eigenvalue weighted by atomic mass is 9.94. The first-order chi connectivity index (χ1) is 13.3. The van der Waals surface area contributed by atoms with Crippen LogP contribution < -0.4 is 5.32 Å². The third-order valence-electron chi connectivity index (χ3n) is 4.84. The van der Waals surface area contributed by atoms with E-state index in [2.05, 4.69) is 39.0 Å². The van der Waals surface area contributed by atoms with Gasteiger partial charge in [0.15, 0.2) is 0 Å². The minimum Gasteiger partial charge on any atom is -0.354 e. The zero-order valence-corrected chi connectivity index (χ0v) is 15.9. The fourth-order valence-corrected chi connectivity index (χ4v) is 4.18. The SMILES string of the molecule is O=C(NCCn1ncc(-c2cccs2)c1-c1ccncc1)[C@@H]1CC=CCC1. The molecular formula is C21H22N4OS. The minimum absolute atomic E-state index is 0.106. The largest absolute Gasteiger partial charge is 0.354 e. The molecule has 0 fully saturated rings. The average molecular weight is 379 g/mol. The Morgan fingerprint density at radius 2 is 2.15 bits per heavy atom. The highest BCUT2D eigenvalue weighted by atomic mass is 32.1. The van der Waals surface area contributed by atoms with Gasteiger partial charge in [0.1, 0.15) is 0 Å². The van der Waals surface area contributed by atoms with Crippen LogP contribution in [0.3, 0.4) is 0 Å². The number of carbonyl (C=O) groups excluding carboxylic acids is 1. The summed E-state index contributed by atoms with van der Waals surface area (Å²) < 4.78 is 1.98. The van der Waals surface area contributed by atoms with Gasteiger partial charge in [-0.15, -0.1) is 11.3 Å². The highest BCUT2D eigenvalue weighted by Gasteiger charge is 2.19. The van der Waals surface area contributed by atoms with Crippen molar-refractivity contribution in [3.05, 3.63) is 60.4 Å². The van der Waals surface area contributed by atoms with E-state index in [1.165, 1.54) is 4.88 Å². The van der Waals surface area contributed by atoms with Crippen LogP contribution in [0, 0.1) is 5.92 Å². The van der Waals surface area contributed by atoms with Gasteiger partial charge in [-0.3, -0.25) is 14.5 Å². The van der Waals surface area contributed by atoms with Gasteiger partial charge >= 0.3 is 0 Å². The highest BCUT2D eigenvalue weighted by Crippen LogP contribution is 2.34. The molecule has 1 amide bonds. The van der Waals surface area contributed by atoms with E-state index in [9.17, 15) is 4.79 Å². The molecule has 3 heterocycles. The number of hydrogen-bond donors (Lipinski definition) is 1. The van der Waals surface area contributed by atoms with Crippen LogP contribution in [0.2, 0.25) is 0 Å². The highest BCUT2D eigenvalue weighted by molar-refractivity contribution is 7.13. The summed E-state index contributed by atoms with van der Waals surface area (Å²) in [6, 6.07) is 8.15. The molecule has 0 saturated heterocycles. The van der Waals surface area contributed by atoms with E-state index in [0.717, 1.165) is 36.1 Å². The molecule has 1 N–H and O–H groups in total. The van der Waals surface area contributed by atoms with Crippen molar-refractivity contribution in [3.63, 3.8) is 0 Å². The van der Waals surface area contributed by atoms with Crippen LogP contribution in [0.5, 0.6) is 0 Å². The molecule has 0 bridgehead atoms. The number of aromatic nitrogens is 3. The maximum atomic E-state index is 12.4. The summed E-state index contributed by atoms with van der Waals surface area (Å²) in [6.07, 6.45) is 12.5. The Morgan fingerprint density at radius 3 is 2.89 bits per heavy atom. The number of carbonyl (C=O) groups is 1. The summed E-state index contributed by atoms with van der Waals surface area (Å²) in [5, 5.41) is 9.75. The number of hydrogen-bond acceptors (Lipinski definition) is 4. The number of rotatable bonds is 6. The van der Waals surface area contributed by atoms with Crippen molar-refractivity contribution in [1.82, 2.24) is 20.1 Å². The van der Waals surface area contributed by atoms with E-state index >= 15 is 0 Å². The smallest absolute Gasteiger partial charge is 0.223 e. The Morgan fingerprint density at radius 1 is 1.26 bits per heavy atom. The zero-order chi connectivity index (χ0) is 18.5. The maximum absolute atomic E-state index is 12.4. The summed E-state index contributed by atoms with van der Waals surface area (Å²) in [7, 11) is 0. The van der Waals surface area contributed by atoms with Crippen molar-refractivity contribution in [2.24, 2.45) is 5.92 Å². The molecule has 0 unspecified atom stereocenters. The van der Waals surface area contributed by atoms with E-state index in [4.69, 9.17) is 0 Å². The van der Waals surface area contributed by atoms with Crippen molar-refractivity contribution >= 4 is 17.2 Å². The van der Waals surface area contributed by atoms with Crippen molar-refractivity contribution < 1.29 is 4.79 Å². The number of amides is 1. The molecule has 0 saturated carbocycles. The lowest BCUT2D eigenvalue weighted by molar-refractivity contribution is -0.125. The normalized spacial score (nSPS) is 16.4. The van der Waals surface area contributed by atoms with Crippen LogP contribution in [-0.2, 0) is 11.3 Å². The lowest BCUT2D eigenvalue weighted by Crippen LogP contribution is -2.33. The second-order valence-electron chi connectivity index (χ2n) is 6.62. The monoisotopic (exact) mass is 378 g/mol. The van der Waals surface area contributed by atoms with Crippen LogP contribution in [0.4, 0.5) is 0 Å². The zero-order valence-electron chi connectivity index (χ0n) is 15.0. The summed E-state index contributed by atoms with van der Waals surface area (Å²) in [4.78, 5) is 17.7. The van der Waals surface area contributed by atoms with Gasteiger partial charge in [-0.2, -0.15) is 5.10 Å². The predicted molar refractivity (Wildman–Crippen MR) is 108 cm³/mol. The Bertz CT molecular complexity index is 915. The van der Waals surface area contributed by atoms with Gasteiger partial charge in [0.25, 0.3) is 0 Å². The van der Waals surface area contributed by atoms with Gasteiger partial charge in [0.05, 0.1) is 18.4 Å². The molecule has 1 aliphatic rings. The molecule has 0 aliphatic heterocycles. The number of pyridine rings is 1. The third kappa shape index (κ3) is 4.01. The number of nitrogens with zero attached hydrogens (tertiary/aromatic N) is 3. The Labute approximate surface area is 162 Å². The second-order valence-corrected chi connectivity index (χ2v) is 7.56. The van der Waals surface area contributed by atoms with Crippen molar-refractivity contribution in [3.8, 4) is 21.7 Å². The molecule has 1 aliphatic carbocycles. The Hall–Kier alpha value is -2.73. The summed E-state index contributed by atoms with van der Waals surface area (Å²) in [5.74, 6) is 0.254. The molecule has 4 rings (SSSR count). The fraction of sp³-hybridized carbons (Fsp3) is 0.286. The average Bonchev–Trinajstić information content (AvgIpc) is 3.39. The molecule has 3 aromatic heterocycles. The molecule has 27 heavy (non-hydrogen) atoms. The summed E-state index contributed by atoms with van der Waals surface area (Å²) >= 11 is 1.70. The van der Waals surface area contributed by atoms with E-state index in [0.29, 0.717) is 13.1 Å². The first kappa shape index (κ1) is 17.7. The molecular weight excluding hydrogens is 356 g/mol. The van der Waals surface area contributed by atoms with Crippen molar-refractivity contribution in [2.45, 2.75) is 25.8 Å². The van der Waals surface area contributed by atoms with Gasteiger partial charge in [-0.05, 0) is 42.8 Å². The minimum atomic E-state index is 0.106. The quantitative estimate of drug-likeness (QED) is 0.656. The molecule has 3 aromatic rings. The fourth-order valence-electron chi connectivity index (χ4n) is 3.44.